The van der Waals surface area contributed by atoms with Gasteiger partial charge in [-0.05, 0) is 149 Å². The minimum atomic E-state index is -4.61. The fraction of sp³-hybridized carbons (Fsp3) is 0.527. The van der Waals surface area contributed by atoms with Crippen LogP contribution in [-0.2, 0) is 14.8 Å². The molecule has 1 amide bonds. The number of nitrogens with one attached hydrogen (secondary N) is 3. The number of sulfonamides is 1. The number of piperidine rings is 1. The number of fused-ring (bicyclic) bond motifs is 3. The lowest BCUT2D eigenvalue weighted by Gasteiger charge is -2.56. The van der Waals surface area contributed by atoms with E-state index in [4.69, 9.17) is 14.5 Å². The molecule has 5 aromatic rings. The standard InChI is InChI=1S/C55H68N8O8S/c1-35(2)42-7-4-5-8-43(42)46-9-6-23-61(46)40-30-55(31-40)20-24-60(25-21-55)39-10-12-44(47(28-39)62-33-38-34-70-26-17-50(38)71-53-49(62)27-37-16-22-56-51(37)58-53)52(64)59-72(68,69)41-11-13-45(48(29-41)63(66)67)57-32-36-14-18-54(3,65)19-15-36/h4-5,7-8,10-13,16,22,27-29,35-36,38,40,46,50,57,65H,6,9,14-15,17-21,23-26,30-34H2,1-3H3,(H,56,58)(H,59,64)/t36?,38-,46-,50-,54?/m0/s1. The topological polar surface area (TPSA) is 195 Å². The molecule has 3 saturated heterocycles. The molecule has 0 radical (unpaired) electrons. The van der Waals surface area contributed by atoms with Crippen LogP contribution >= 0.6 is 0 Å². The first kappa shape index (κ1) is 48.5. The first-order valence-electron chi connectivity index (χ1n) is 26.2. The van der Waals surface area contributed by atoms with Gasteiger partial charge in [-0.15, -0.1) is 0 Å². The summed E-state index contributed by atoms with van der Waals surface area (Å²) in [5.74, 6) is 0.133. The average molecular weight is 1000 g/mol. The van der Waals surface area contributed by atoms with Crippen molar-refractivity contribution in [1.29, 1.82) is 0 Å². The number of hydrogen-bond acceptors (Lipinski definition) is 13. The van der Waals surface area contributed by atoms with Gasteiger partial charge < -0.3 is 34.7 Å². The summed E-state index contributed by atoms with van der Waals surface area (Å²) < 4.78 is 43.3. The molecule has 2 aromatic heterocycles. The van der Waals surface area contributed by atoms with E-state index in [1.807, 2.05) is 42.3 Å². The minimum Gasteiger partial charge on any atom is -0.472 e. The van der Waals surface area contributed by atoms with Crippen molar-refractivity contribution in [2.24, 2.45) is 17.3 Å². The number of aliphatic hydroxyl groups is 1. The Balaban J connectivity index is 0.865. The van der Waals surface area contributed by atoms with Crippen molar-refractivity contribution in [1.82, 2.24) is 19.6 Å². The lowest BCUT2D eigenvalue weighted by molar-refractivity contribution is -0.384. The molecule has 2 aliphatic carbocycles. The maximum Gasteiger partial charge on any atom is 0.293 e. The van der Waals surface area contributed by atoms with Crippen LogP contribution in [0.3, 0.4) is 0 Å². The minimum absolute atomic E-state index is 0.0919. The van der Waals surface area contributed by atoms with Gasteiger partial charge in [-0.2, -0.15) is 4.98 Å². The highest BCUT2D eigenvalue weighted by molar-refractivity contribution is 7.90. The smallest absolute Gasteiger partial charge is 0.293 e. The first-order valence-corrected chi connectivity index (χ1v) is 27.7. The highest BCUT2D eigenvalue weighted by Crippen LogP contribution is 2.55. The van der Waals surface area contributed by atoms with E-state index in [1.54, 1.807) is 6.07 Å². The second-order valence-corrected chi connectivity index (χ2v) is 23.9. The molecule has 11 rings (SSSR count). The number of ether oxygens (including phenoxy) is 2. The molecule has 4 N–H and O–H groups in total. The molecule has 6 heterocycles. The first-order chi connectivity index (χ1) is 34.6. The number of hydrogen-bond donors (Lipinski definition) is 4. The van der Waals surface area contributed by atoms with Crippen LogP contribution in [0.25, 0.3) is 11.0 Å². The zero-order valence-electron chi connectivity index (χ0n) is 41.6. The number of nitro groups is 1. The van der Waals surface area contributed by atoms with Gasteiger partial charge in [-0.1, -0.05) is 38.1 Å². The van der Waals surface area contributed by atoms with Gasteiger partial charge in [-0.25, -0.2) is 13.1 Å². The van der Waals surface area contributed by atoms with Gasteiger partial charge in [0, 0.05) is 73.9 Å². The molecular formula is C55H68N8O8S. The lowest BCUT2D eigenvalue weighted by Crippen LogP contribution is -2.55. The van der Waals surface area contributed by atoms with E-state index in [-0.39, 0.29) is 34.6 Å². The van der Waals surface area contributed by atoms with Crippen LogP contribution in [0.5, 0.6) is 5.88 Å². The molecular weight excluding hydrogens is 933 g/mol. The number of aromatic amines is 1. The molecule has 0 unspecified atom stereocenters. The number of benzene rings is 3. The number of rotatable bonds is 12. The van der Waals surface area contributed by atoms with E-state index in [0.29, 0.717) is 86.5 Å². The van der Waals surface area contributed by atoms with Crippen molar-refractivity contribution in [2.75, 3.05) is 61.1 Å². The number of nitrogens with zero attached hydrogens (tertiary/aromatic N) is 5. The maximum absolute atomic E-state index is 14.7. The van der Waals surface area contributed by atoms with Crippen molar-refractivity contribution in [2.45, 2.75) is 126 Å². The second-order valence-electron chi connectivity index (χ2n) is 22.2. The summed E-state index contributed by atoms with van der Waals surface area (Å²) in [6.45, 7) is 11.1. The van der Waals surface area contributed by atoms with Crippen LogP contribution in [0.15, 0.2) is 83.9 Å². The molecule has 1 spiro atoms. The molecule has 0 bridgehead atoms. The third-order valence-corrected chi connectivity index (χ3v) is 18.4. The van der Waals surface area contributed by atoms with Crippen LogP contribution in [0.1, 0.15) is 125 Å². The van der Waals surface area contributed by atoms with E-state index >= 15 is 0 Å². The van der Waals surface area contributed by atoms with E-state index < -0.39 is 37.0 Å². The fourth-order valence-electron chi connectivity index (χ4n) is 12.9. The van der Waals surface area contributed by atoms with Gasteiger partial charge in [0.25, 0.3) is 21.6 Å². The Morgan fingerprint density at radius 3 is 2.54 bits per heavy atom. The number of nitro benzene ring substituents is 1. The summed E-state index contributed by atoms with van der Waals surface area (Å²) in [5.41, 5.74) is 5.15. The summed E-state index contributed by atoms with van der Waals surface area (Å²) in [5, 5.41) is 26.8. The fourth-order valence-corrected chi connectivity index (χ4v) is 13.9. The molecule has 3 aromatic carbocycles. The lowest BCUT2D eigenvalue weighted by atomic mass is 9.59. The van der Waals surface area contributed by atoms with Gasteiger partial charge in [0.05, 0.1) is 39.9 Å². The molecule has 2 saturated carbocycles. The third kappa shape index (κ3) is 9.53. The van der Waals surface area contributed by atoms with Gasteiger partial charge in [-0.3, -0.25) is 19.8 Å². The molecule has 6 aliphatic rings. The average Bonchev–Trinajstić information content (AvgIpc) is 4.01. The number of pyridine rings is 1. The number of amides is 1. The normalized spacial score (nSPS) is 25.6. The summed E-state index contributed by atoms with van der Waals surface area (Å²) in [7, 11) is -4.61. The van der Waals surface area contributed by atoms with Crippen LogP contribution in [0.2, 0.25) is 0 Å². The predicted molar refractivity (Wildman–Crippen MR) is 278 cm³/mol. The molecule has 16 nitrogen and oxygen atoms in total. The number of likely N-dealkylation sites (tertiary alicyclic amines) is 1. The van der Waals surface area contributed by atoms with Crippen LogP contribution in [0, 0.1) is 27.4 Å². The van der Waals surface area contributed by atoms with Crippen molar-refractivity contribution < 1.29 is 32.7 Å². The van der Waals surface area contributed by atoms with E-state index in [9.17, 15) is 28.4 Å². The summed E-state index contributed by atoms with van der Waals surface area (Å²) >= 11 is 0. The molecule has 72 heavy (non-hydrogen) atoms. The Bertz CT molecular complexity index is 2950. The van der Waals surface area contributed by atoms with Gasteiger partial charge in [0.1, 0.15) is 23.1 Å². The summed E-state index contributed by atoms with van der Waals surface area (Å²) in [6, 6.07) is 23.3. The number of carbonyl (C=O) groups excluding carboxylic acids is 1. The number of H-pyrrole nitrogens is 1. The largest absolute Gasteiger partial charge is 0.472 e. The SMILES string of the molecule is CC(C)c1ccccc1[C@@H]1CCCN1C1CC2(CCN(c3ccc(C(=O)NS(=O)(=O)c4ccc(NCC5CCC(C)(O)CC5)c([N+](=O)[O-])c4)c(N4C[C@H]5COCC[C@@H]5Oc5nc6[nH]ccc6cc54)c3)CC2)C1. The van der Waals surface area contributed by atoms with Crippen molar-refractivity contribution in [3.8, 4) is 5.88 Å². The van der Waals surface area contributed by atoms with E-state index in [0.717, 1.165) is 62.5 Å². The molecule has 382 valence electrons. The molecule has 17 heteroatoms. The van der Waals surface area contributed by atoms with Crippen LogP contribution in [-0.4, -0.2) is 103 Å². The number of anilines is 4. The monoisotopic (exact) mass is 1000 g/mol. The quantitative estimate of drug-likeness (QED) is 0.0682. The van der Waals surface area contributed by atoms with Gasteiger partial charge >= 0.3 is 0 Å². The molecule has 5 fully saturated rings. The highest BCUT2D eigenvalue weighted by Gasteiger charge is 2.50. The van der Waals surface area contributed by atoms with E-state index in [1.165, 1.54) is 48.9 Å². The van der Waals surface area contributed by atoms with Crippen LogP contribution < -0.4 is 24.6 Å². The zero-order valence-corrected chi connectivity index (χ0v) is 42.5. The Kier molecular flexibility index (Phi) is 13.0. The summed E-state index contributed by atoms with van der Waals surface area (Å²) in [4.78, 5) is 41.4. The van der Waals surface area contributed by atoms with Crippen molar-refractivity contribution in [3.05, 3.63) is 106 Å². The Morgan fingerprint density at radius 1 is 0.972 bits per heavy atom. The third-order valence-electron chi connectivity index (χ3n) is 17.1. The van der Waals surface area contributed by atoms with Gasteiger partial charge in [0.2, 0.25) is 5.88 Å². The Labute approximate surface area is 422 Å². The molecule has 3 atom stereocenters. The van der Waals surface area contributed by atoms with Crippen LogP contribution in [0.4, 0.5) is 28.4 Å². The second kappa shape index (κ2) is 19.3. The number of aromatic nitrogens is 2. The maximum atomic E-state index is 14.7. The predicted octanol–water partition coefficient (Wildman–Crippen LogP) is 9.59. The number of carbonyl (C=O) groups is 1. The van der Waals surface area contributed by atoms with E-state index in [2.05, 4.69) is 62.9 Å². The Hall–Kier alpha value is -5.75. The van der Waals surface area contributed by atoms with Crippen molar-refractivity contribution >= 4 is 55.4 Å². The Morgan fingerprint density at radius 2 is 1.76 bits per heavy atom. The van der Waals surface area contributed by atoms with Gasteiger partial charge in [0.15, 0.2) is 0 Å². The summed E-state index contributed by atoms with van der Waals surface area (Å²) in [6.07, 6.45) is 12.0. The molecule has 4 aliphatic heterocycles. The highest BCUT2D eigenvalue weighted by atomic mass is 32.2. The van der Waals surface area contributed by atoms with Crippen molar-refractivity contribution in [3.63, 3.8) is 0 Å². The zero-order chi connectivity index (χ0) is 49.9.